The summed E-state index contributed by atoms with van der Waals surface area (Å²) in [6.07, 6.45) is 5.30. The summed E-state index contributed by atoms with van der Waals surface area (Å²) in [5, 5.41) is 19.3. The zero-order chi connectivity index (χ0) is 9.41. The summed E-state index contributed by atoms with van der Waals surface area (Å²) >= 11 is 0. The Kier molecular flexibility index (Phi) is 2.32. The first kappa shape index (κ1) is 9.75. The van der Waals surface area contributed by atoms with E-state index in [9.17, 15) is 10.2 Å². The third kappa shape index (κ3) is 2.32. The van der Waals surface area contributed by atoms with Crippen molar-refractivity contribution < 1.29 is 10.2 Å². The van der Waals surface area contributed by atoms with E-state index in [1.807, 2.05) is 19.9 Å². The lowest BCUT2D eigenvalue weighted by Gasteiger charge is -2.33. The van der Waals surface area contributed by atoms with Crippen molar-refractivity contribution in [3.8, 4) is 0 Å². The first-order chi connectivity index (χ1) is 5.31. The van der Waals surface area contributed by atoms with Crippen LogP contribution in [0.4, 0.5) is 0 Å². The smallest absolute Gasteiger partial charge is 0.0800 e. The predicted molar refractivity (Wildman–Crippen MR) is 48.8 cm³/mol. The third-order valence-corrected chi connectivity index (χ3v) is 2.56. The van der Waals surface area contributed by atoms with Gasteiger partial charge in [0.1, 0.15) is 0 Å². The minimum absolute atomic E-state index is 0.178. The van der Waals surface area contributed by atoms with Crippen molar-refractivity contribution in [3.63, 3.8) is 0 Å². The van der Waals surface area contributed by atoms with Crippen molar-refractivity contribution in [2.24, 2.45) is 5.92 Å². The normalized spacial score (nSPS) is 36.9. The predicted octanol–water partition coefficient (Wildman–Crippen LogP) is 1.47. The Hall–Kier alpha value is -0.340. The second-order valence-electron chi connectivity index (χ2n) is 4.52. The van der Waals surface area contributed by atoms with Gasteiger partial charge in [0.15, 0.2) is 0 Å². The highest BCUT2D eigenvalue weighted by Crippen LogP contribution is 2.31. The molecule has 0 unspecified atom stereocenters. The van der Waals surface area contributed by atoms with E-state index in [0.717, 1.165) is 12.8 Å². The molecule has 1 aliphatic carbocycles. The zero-order valence-corrected chi connectivity index (χ0v) is 8.04. The van der Waals surface area contributed by atoms with Gasteiger partial charge in [0.05, 0.1) is 11.2 Å². The van der Waals surface area contributed by atoms with Gasteiger partial charge in [-0.15, -0.1) is 0 Å². The van der Waals surface area contributed by atoms with Crippen molar-refractivity contribution in [2.45, 2.75) is 44.8 Å². The van der Waals surface area contributed by atoms with E-state index in [-0.39, 0.29) is 5.92 Å². The maximum Gasteiger partial charge on any atom is 0.0800 e. The van der Waals surface area contributed by atoms with E-state index in [1.165, 1.54) is 0 Å². The Labute approximate surface area is 73.9 Å². The monoisotopic (exact) mass is 170 g/mol. The lowest BCUT2D eigenvalue weighted by Crippen LogP contribution is -2.35. The van der Waals surface area contributed by atoms with Crippen LogP contribution in [0, 0.1) is 5.92 Å². The molecule has 0 heterocycles. The number of hydrogen-bond donors (Lipinski definition) is 2. The van der Waals surface area contributed by atoms with E-state index < -0.39 is 11.2 Å². The maximum atomic E-state index is 9.68. The highest BCUT2D eigenvalue weighted by atomic mass is 16.3. The fraction of sp³-hybridized carbons (Fsp3) is 0.800. The highest BCUT2D eigenvalue weighted by Gasteiger charge is 2.31. The van der Waals surface area contributed by atoms with Crippen LogP contribution in [0.15, 0.2) is 12.2 Å². The molecular formula is C10H18O2. The van der Waals surface area contributed by atoms with Crippen LogP contribution >= 0.6 is 0 Å². The molecule has 2 nitrogen and oxygen atoms in total. The molecule has 0 aromatic heterocycles. The molecule has 0 radical (unpaired) electrons. The van der Waals surface area contributed by atoms with E-state index in [2.05, 4.69) is 0 Å². The molecule has 0 amide bonds. The van der Waals surface area contributed by atoms with Crippen LogP contribution in [0.5, 0.6) is 0 Å². The molecule has 70 valence electrons. The van der Waals surface area contributed by atoms with Gasteiger partial charge >= 0.3 is 0 Å². The molecule has 2 atom stereocenters. The molecule has 0 spiro atoms. The van der Waals surface area contributed by atoms with Crippen LogP contribution in [0.1, 0.15) is 33.6 Å². The Bertz CT molecular complexity index is 187. The van der Waals surface area contributed by atoms with Crippen LogP contribution in [-0.4, -0.2) is 21.4 Å². The molecule has 0 aromatic rings. The maximum absolute atomic E-state index is 9.68. The van der Waals surface area contributed by atoms with Crippen molar-refractivity contribution in [3.05, 3.63) is 12.2 Å². The molecule has 0 bridgehead atoms. The Morgan fingerprint density at radius 3 is 2.42 bits per heavy atom. The number of aliphatic hydroxyl groups is 2. The molecule has 2 heteroatoms. The molecule has 1 aliphatic rings. The summed E-state index contributed by atoms with van der Waals surface area (Å²) in [5.41, 5.74) is -1.32. The fourth-order valence-corrected chi connectivity index (χ4v) is 1.54. The Morgan fingerprint density at radius 2 is 2.08 bits per heavy atom. The van der Waals surface area contributed by atoms with Gasteiger partial charge < -0.3 is 10.2 Å². The van der Waals surface area contributed by atoms with Crippen molar-refractivity contribution in [1.29, 1.82) is 0 Å². The molecule has 2 N–H and O–H groups in total. The first-order valence-corrected chi connectivity index (χ1v) is 4.45. The topological polar surface area (TPSA) is 40.5 Å². The SMILES string of the molecule is CC(C)(O)[C@H]1C=C[C@](C)(O)CC1. The van der Waals surface area contributed by atoms with Gasteiger partial charge in [-0.05, 0) is 33.6 Å². The van der Waals surface area contributed by atoms with Gasteiger partial charge in [-0.25, -0.2) is 0 Å². The second kappa shape index (κ2) is 2.86. The minimum atomic E-state index is -0.665. The number of rotatable bonds is 1. The van der Waals surface area contributed by atoms with Gasteiger partial charge in [-0.1, -0.05) is 12.2 Å². The summed E-state index contributed by atoms with van der Waals surface area (Å²) < 4.78 is 0. The average Bonchev–Trinajstić information content (AvgIpc) is 1.83. The molecule has 1 rings (SSSR count). The molecule has 0 aromatic carbocycles. The summed E-state index contributed by atoms with van der Waals surface area (Å²) in [4.78, 5) is 0. The second-order valence-corrected chi connectivity index (χ2v) is 4.52. The molecular weight excluding hydrogens is 152 g/mol. The van der Waals surface area contributed by atoms with Gasteiger partial charge in [0.2, 0.25) is 0 Å². The molecule has 0 saturated heterocycles. The third-order valence-electron chi connectivity index (χ3n) is 2.56. The van der Waals surface area contributed by atoms with Crippen LogP contribution in [0.25, 0.3) is 0 Å². The Morgan fingerprint density at radius 1 is 1.50 bits per heavy atom. The standard InChI is InChI=1S/C10H18O2/c1-9(2,11)8-4-6-10(3,12)7-5-8/h4,6,8,11-12H,5,7H2,1-3H3/t8-,10-/m0/s1. The Balaban J connectivity index is 2.67. The highest BCUT2D eigenvalue weighted by molar-refractivity contribution is 5.08. The van der Waals surface area contributed by atoms with Gasteiger partial charge in [0.25, 0.3) is 0 Å². The first-order valence-electron chi connectivity index (χ1n) is 4.45. The average molecular weight is 170 g/mol. The van der Waals surface area contributed by atoms with E-state index in [4.69, 9.17) is 0 Å². The van der Waals surface area contributed by atoms with Gasteiger partial charge in [-0.3, -0.25) is 0 Å². The van der Waals surface area contributed by atoms with Crippen LogP contribution in [0.3, 0.4) is 0 Å². The zero-order valence-electron chi connectivity index (χ0n) is 8.04. The summed E-state index contributed by atoms with van der Waals surface area (Å²) in [5.74, 6) is 0.178. The molecule has 12 heavy (non-hydrogen) atoms. The lowest BCUT2D eigenvalue weighted by atomic mass is 9.79. The fourth-order valence-electron chi connectivity index (χ4n) is 1.54. The lowest BCUT2D eigenvalue weighted by molar-refractivity contribution is 0.0114. The van der Waals surface area contributed by atoms with Gasteiger partial charge in [0, 0.05) is 5.92 Å². The molecule has 0 fully saturated rings. The van der Waals surface area contributed by atoms with E-state index in [0.29, 0.717) is 0 Å². The minimum Gasteiger partial charge on any atom is -0.390 e. The molecule has 0 aliphatic heterocycles. The largest absolute Gasteiger partial charge is 0.390 e. The summed E-state index contributed by atoms with van der Waals surface area (Å²) in [6, 6.07) is 0. The number of hydrogen-bond acceptors (Lipinski definition) is 2. The van der Waals surface area contributed by atoms with Crippen molar-refractivity contribution >= 4 is 0 Å². The molecule has 0 saturated carbocycles. The van der Waals surface area contributed by atoms with Crippen LogP contribution in [0.2, 0.25) is 0 Å². The van der Waals surface area contributed by atoms with E-state index in [1.54, 1.807) is 13.0 Å². The van der Waals surface area contributed by atoms with E-state index >= 15 is 0 Å². The van der Waals surface area contributed by atoms with Gasteiger partial charge in [-0.2, -0.15) is 0 Å². The van der Waals surface area contributed by atoms with Crippen molar-refractivity contribution in [2.75, 3.05) is 0 Å². The summed E-state index contributed by atoms with van der Waals surface area (Å²) in [6.45, 7) is 5.41. The summed E-state index contributed by atoms with van der Waals surface area (Å²) in [7, 11) is 0. The van der Waals surface area contributed by atoms with Crippen LogP contribution in [-0.2, 0) is 0 Å². The van der Waals surface area contributed by atoms with Crippen molar-refractivity contribution in [1.82, 2.24) is 0 Å². The quantitative estimate of drug-likeness (QED) is 0.585. The van der Waals surface area contributed by atoms with Crippen LogP contribution < -0.4 is 0 Å².